The smallest absolute Gasteiger partial charge is 0.221 e. The molecule has 4 nitrogen and oxygen atoms in total. The fraction of sp³-hybridized carbons (Fsp3) is 0.500. The Kier molecular flexibility index (Phi) is 9.94. The molecule has 0 aliphatic heterocycles. The number of nitrogens with two attached hydrogens (primary N) is 1. The van der Waals surface area contributed by atoms with Crippen molar-refractivity contribution in [1.29, 1.82) is 0 Å². The molecule has 0 unspecified atom stereocenters. The number of rotatable bonds is 8. The number of ether oxygens (including phenoxy) is 1. The molecule has 0 aliphatic rings. The van der Waals surface area contributed by atoms with Gasteiger partial charge in [-0.2, -0.15) is 0 Å². The molecule has 0 spiro atoms. The summed E-state index contributed by atoms with van der Waals surface area (Å²) in [6.07, 6.45) is 2.25. The topological polar surface area (TPSA) is 64.3 Å². The van der Waals surface area contributed by atoms with E-state index < -0.39 is 0 Å². The Bertz CT molecular complexity index is 355. The second-order valence-electron chi connectivity index (χ2n) is 4.26. The minimum absolute atomic E-state index is 0. The zero-order valence-electron chi connectivity index (χ0n) is 11.4. The van der Waals surface area contributed by atoms with Gasteiger partial charge in [-0.15, -0.1) is 12.4 Å². The lowest BCUT2D eigenvalue weighted by Gasteiger charge is -2.07. The zero-order valence-corrected chi connectivity index (χ0v) is 12.2. The summed E-state index contributed by atoms with van der Waals surface area (Å²) in [6, 6.07) is 8.00. The molecule has 1 aromatic carbocycles. The van der Waals surface area contributed by atoms with Crippen molar-refractivity contribution in [3.63, 3.8) is 0 Å². The molecule has 0 radical (unpaired) electrons. The van der Waals surface area contributed by atoms with Crippen LogP contribution >= 0.6 is 12.4 Å². The van der Waals surface area contributed by atoms with Gasteiger partial charge in [-0.25, -0.2) is 0 Å². The summed E-state index contributed by atoms with van der Waals surface area (Å²) in [4.78, 5) is 11.1. The maximum absolute atomic E-state index is 11.1. The first-order chi connectivity index (χ1) is 8.72. The van der Waals surface area contributed by atoms with Gasteiger partial charge in [0, 0.05) is 19.5 Å². The predicted octanol–water partition coefficient (Wildman–Crippen LogP) is 2.04. The molecule has 0 aromatic heterocycles. The van der Waals surface area contributed by atoms with Gasteiger partial charge in [-0.05, 0) is 31.9 Å². The van der Waals surface area contributed by atoms with Crippen LogP contribution in [0.25, 0.3) is 0 Å². The summed E-state index contributed by atoms with van der Waals surface area (Å²) in [6.45, 7) is 3.82. The van der Waals surface area contributed by atoms with Gasteiger partial charge < -0.3 is 15.8 Å². The molecule has 1 rings (SSSR count). The molecule has 0 saturated heterocycles. The highest BCUT2D eigenvalue weighted by molar-refractivity contribution is 5.85. The number of amides is 1. The third-order valence-corrected chi connectivity index (χ3v) is 2.55. The van der Waals surface area contributed by atoms with Gasteiger partial charge in [0.1, 0.15) is 5.75 Å². The molecule has 0 fully saturated rings. The Morgan fingerprint density at radius 3 is 2.58 bits per heavy atom. The summed E-state index contributed by atoms with van der Waals surface area (Å²) in [7, 11) is 0. The fourth-order valence-electron chi connectivity index (χ4n) is 1.50. The first-order valence-corrected chi connectivity index (χ1v) is 6.38. The Balaban J connectivity index is 0.00000324. The van der Waals surface area contributed by atoms with E-state index in [0.717, 1.165) is 18.6 Å². The number of hydrogen-bond donors (Lipinski definition) is 2. The van der Waals surface area contributed by atoms with E-state index >= 15 is 0 Å². The molecule has 0 atom stereocenters. The van der Waals surface area contributed by atoms with Crippen molar-refractivity contribution >= 4 is 18.3 Å². The van der Waals surface area contributed by atoms with Crippen LogP contribution in [-0.4, -0.2) is 25.6 Å². The monoisotopic (exact) mass is 286 g/mol. The largest absolute Gasteiger partial charge is 0.494 e. The van der Waals surface area contributed by atoms with Crippen LogP contribution in [-0.2, 0) is 4.79 Å². The van der Waals surface area contributed by atoms with Gasteiger partial charge >= 0.3 is 0 Å². The van der Waals surface area contributed by atoms with Gasteiger partial charge in [0.25, 0.3) is 0 Å². The maximum Gasteiger partial charge on any atom is 0.221 e. The van der Waals surface area contributed by atoms with Crippen molar-refractivity contribution in [2.75, 3.05) is 19.7 Å². The third-order valence-electron chi connectivity index (χ3n) is 2.55. The van der Waals surface area contributed by atoms with E-state index in [4.69, 9.17) is 10.5 Å². The van der Waals surface area contributed by atoms with Crippen LogP contribution in [0.1, 0.15) is 24.8 Å². The Labute approximate surface area is 121 Å². The molecule has 0 saturated carbocycles. The number of carbonyl (C=O) groups is 1. The highest BCUT2D eigenvalue weighted by Crippen LogP contribution is 2.11. The van der Waals surface area contributed by atoms with Crippen molar-refractivity contribution in [3.05, 3.63) is 29.8 Å². The van der Waals surface area contributed by atoms with Crippen LogP contribution in [0.15, 0.2) is 24.3 Å². The second kappa shape index (κ2) is 10.6. The van der Waals surface area contributed by atoms with E-state index in [-0.39, 0.29) is 18.3 Å². The minimum Gasteiger partial charge on any atom is -0.494 e. The molecule has 1 aromatic rings. The van der Waals surface area contributed by atoms with E-state index in [9.17, 15) is 4.79 Å². The van der Waals surface area contributed by atoms with Gasteiger partial charge in [0.05, 0.1) is 6.61 Å². The molecule has 1 amide bonds. The third kappa shape index (κ3) is 8.46. The summed E-state index contributed by atoms with van der Waals surface area (Å²) >= 11 is 0. The van der Waals surface area contributed by atoms with E-state index in [2.05, 4.69) is 5.32 Å². The van der Waals surface area contributed by atoms with Gasteiger partial charge in [-0.3, -0.25) is 4.79 Å². The van der Waals surface area contributed by atoms with E-state index in [0.29, 0.717) is 26.1 Å². The number of benzene rings is 1. The summed E-state index contributed by atoms with van der Waals surface area (Å²) in [5.41, 5.74) is 6.50. The SMILES string of the molecule is Cc1ccc(OCCCCNC(=O)CCN)cc1.Cl. The minimum atomic E-state index is 0. The fourth-order valence-corrected chi connectivity index (χ4v) is 1.50. The van der Waals surface area contributed by atoms with Crippen molar-refractivity contribution in [1.82, 2.24) is 5.32 Å². The number of nitrogens with one attached hydrogen (secondary N) is 1. The normalized spacial score (nSPS) is 9.58. The van der Waals surface area contributed by atoms with Gasteiger partial charge in [0.15, 0.2) is 0 Å². The number of aryl methyl sites for hydroxylation is 1. The second-order valence-corrected chi connectivity index (χ2v) is 4.26. The summed E-state index contributed by atoms with van der Waals surface area (Å²) in [5.74, 6) is 0.921. The number of hydrogen-bond acceptors (Lipinski definition) is 3. The zero-order chi connectivity index (χ0) is 13.2. The van der Waals surface area contributed by atoms with Crippen molar-refractivity contribution in [2.45, 2.75) is 26.2 Å². The lowest BCUT2D eigenvalue weighted by molar-refractivity contribution is -0.120. The van der Waals surface area contributed by atoms with Crippen molar-refractivity contribution in [2.24, 2.45) is 5.73 Å². The molecule has 3 N–H and O–H groups in total. The number of carbonyl (C=O) groups excluding carboxylic acids is 1. The molecule has 0 heterocycles. The Hall–Kier alpha value is -1.26. The summed E-state index contributed by atoms with van der Waals surface area (Å²) < 4.78 is 5.58. The van der Waals surface area contributed by atoms with Crippen LogP contribution in [0.3, 0.4) is 0 Å². The van der Waals surface area contributed by atoms with E-state index in [1.165, 1.54) is 5.56 Å². The van der Waals surface area contributed by atoms with E-state index in [1.54, 1.807) is 0 Å². The molecule has 0 aliphatic carbocycles. The standard InChI is InChI=1S/C14H22N2O2.ClH/c1-12-4-6-13(7-5-12)18-11-3-2-10-16-14(17)8-9-15;/h4-7H,2-3,8-11,15H2,1H3,(H,16,17);1H. The lowest BCUT2D eigenvalue weighted by atomic mass is 10.2. The lowest BCUT2D eigenvalue weighted by Crippen LogP contribution is -2.26. The molecule has 108 valence electrons. The first-order valence-electron chi connectivity index (χ1n) is 6.38. The van der Waals surface area contributed by atoms with Crippen molar-refractivity contribution < 1.29 is 9.53 Å². The van der Waals surface area contributed by atoms with Crippen LogP contribution in [0.4, 0.5) is 0 Å². The van der Waals surface area contributed by atoms with Crippen LogP contribution in [0.5, 0.6) is 5.75 Å². The van der Waals surface area contributed by atoms with Gasteiger partial charge in [-0.1, -0.05) is 17.7 Å². The van der Waals surface area contributed by atoms with E-state index in [1.807, 2.05) is 31.2 Å². The Morgan fingerprint density at radius 2 is 1.95 bits per heavy atom. The first kappa shape index (κ1) is 17.7. The molecule has 0 bridgehead atoms. The quantitative estimate of drug-likeness (QED) is 0.719. The number of unbranched alkanes of at least 4 members (excludes halogenated alkanes) is 1. The van der Waals surface area contributed by atoms with Crippen molar-refractivity contribution in [3.8, 4) is 5.75 Å². The molecular formula is C14H23ClN2O2. The molecule has 19 heavy (non-hydrogen) atoms. The predicted molar refractivity (Wildman–Crippen MR) is 79.8 cm³/mol. The highest BCUT2D eigenvalue weighted by atomic mass is 35.5. The van der Waals surface area contributed by atoms with Crippen LogP contribution < -0.4 is 15.8 Å². The van der Waals surface area contributed by atoms with Crippen LogP contribution in [0, 0.1) is 6.92 Å². The summed E-state index contributed by atoms with van der Waals surface area (Å²) in [5, 5.41) is 2.82. The Morgan fingerprint density at radius 1 is 1.26 bits per heavy atom. The highest BCUT2D eigenvalue weighted by Gasteiger charge is 1.98. The van der Waals surface area contributed by atoms with Gasteiger partial charge in [0.2, 0.25) is 5.91 Å². The number of halogens is 1. The molecular weight excluding hydrogens is 264 g/mol. The average Bonchev–Trinajstić information content (AvgIpc) is 2.36. The maximum atomic E-state index is 11.1. The average molecular weight is 287 g/mol. The molecule has 5 heteroatoms. The van der Waals surface area contributed by atoms with Crippen LogP contribution in [0.2, 0.25) is 0 Å².